The van der Waals surface area contributed by atoms with E-state index < -0.39 is 10.0 Å². The molecule has 1 aromatic carbocycles. The maximum atomic E-state index is 13.0. The Labute approximate surface area is 140 Å². The van der Waals surface area contributed by atoms with Gasteiger partial charge in [-0.05, 0) is 61.9 Å². The van der Waals surface area contributed by atoms with Gasteiger partial charge < -0.3 is 0 Å². The van der Waals surface area contributed by atoms with Crippen LogP contribution < -0.4 is 0 Å². The van der Waals surface area contributed by atoms with E-state index in [2.05, 4.69) is 18.7 Å². The Hall–Kier alpha value is -0.910. The van der Waals surface area contributed by atoms with E-state index in [0.29, 0.717) is 18.0 Å². The highest BCUT2D eigenvalue weighted by Crippen LogP contribution is 2.32. The summed E-state index contributed by atoms with van der Waals surface area (Å²) in [4.78, 5) is 2.85. The summed E-state index contributed by atoms with van der Waals surface area (Å²) in [6.07, 6.45) is 4.54. The van der Waals surface area contributed by atoms with Crippen molar-refractivity contribution in [3.63, 3.8) is 0 Å². The number of piperidine rings is 1. The van der Waals surface area contributed by atoms with Crippen LogP contribution in [0.1, 0.15) is 45.1 Å². The number of benzene rings is 1. The van der Waals surface area contributed by atoms with Crippen LogP contribution in [-0.4, -0.2) is 43.8 Å². The van der Waals surface area contributed by atoms with E-state index >= 15 is 0 Å². The lowest BCUT2D eigenvalue weighted by Crippen LogP contribution is -2.43. The number of rotatable bonds is 4. The average Bonchev–Trinajstić information content (AvgIpc) is 2.99. The van der Waals surface area contributed by atoms with Crippen LogP contribution in [0.2, 0.25) is 0 Å². The van der Waals surface area contributed by atoms with E-state index in [-0.39, 0.29) is 5.41 Å². The molecule has 1 aromatic rings. The number of sulfonamides is 1. The van der Waals surface area contributed by atoms with Gasteiger partial charge >= 0.3 is 0 Å². The van der Waals surface area contributed by atoms with Gasteiger partial charge in [-0.2, -0.15) is 4.31 Å². The minimum atomic E-state index is -3.37. The normalized spacial score (nSPS) is 23.2. The van der Waals surface area contributed by atoms with Crippen molar-refractivity contribution in [1.29, 1.82) is 0 Å². The highest BCUT2D eigenvalue weighted by atomic mass is 32.2. The quantitative estimate of drug-likeness (QED) is 0.848. The van der Waals surface area contributed by atoms with Crippen molar-refractivity contribution in [1.82, 2.24) is 9.21 Å². The lowest BCUT2D eigenvalue weighted by molar-refractivity contribution is 0.187. The van der Waals surface area contributed by atoms with Gasteiger partial charge in [-0.25, -0.2) is 8.42 Å². The third-order valence-corrected chi connectivity index (χ3v) is 6.85. The molecule has 2 saturated heterocycles. The molecule has 0 radical (unpaired) electrons. The number of hydrogen-bond donors (Lipinski definition) is 0. The van der Waals surface area contributed by atoms with Gasteiger partial charge in [0, 0.05) is 19.6 Å². The first kappa shape index (κ1) is 16.9. The number of nitrogens with zero attached hydrogens (tertiary/aromatic N) is 2. The molecule has 2 heterocycles. The van der Waals surface area contributed by atoms with Crippen LogP contribution in [0.15, 0.2) is 29.2 Å². The van der Waals surface area contributed by atoms with Crippen molar-refractivity contribution in [3.05, 3.63) is 29.8 Å². The summed E-state index contributed by atoms with van der Waals surface area (Å²) in [6, 6.07) is 7.53. The molecule has 0 spiro atoms. The Morgan fingerprint density at radius 1 is 1.09 bits per heavy atom. The molecule has 0 N–H and O–H groups in total. The zero-order chi connectivity index (χ0) is 16.5. The Kier molecular flexibility index (Phi) is 4.81. The van der Waals surface area contributed by atoms with Crippen LogP contribution in [0.3, 0.4) is 0 Å². The maximum Gasteiger partial charge on any atom is 0.243 e. The fraction of sp³-hybridized carbons (Fsp3) is 0.667. The van der Waals surface area contributed by atoms with Gasteiger partial charge in [0.2, 0.25) is 10.0 Å². The second-order valence-electron chi connectivity index (χ2n) is 7.74. The van der Waals surface area contributed by atoms with Crippen LogP contribution in [0.5, 0.6) is 0 Å². The Morgan fingerprint density at radius 2 is 1.83 bits per heavy atom. The van der Waals surface area contributed by atoms with Gasteiger partial charge in [-0.3, -0.25) is 4.90 Å². The highest BCUT2D eigenvalue weighted by Gasteiger charge is 2.34. The Bertz CT molecular complexity index is 649. The number of hydrogen-bond acceptors (Lipinski definition) is 3. The van der Waals surface area contributed by atoms with E-state index in [1.807, 2.05) is 18.2 Å². The molecule has 0 unspecified atom stereocenters. The van der Waals surface area contributed by atoms with Crippen molar-refractivity contribution in [2.45, 2.75) is 51.0 Å². The molecule has 2 aliphatic heterocycles. The molecule has 2 fully saturated rings. The van der Waals surface area contributed by atoms with E-state index in [1.165, 1.54) is 12.8 Å². The highest BCUT2D eigenvalue weighted by molar-refractivity contribution is 7.89. The minimum absolute atomic E-state index is 0.0679. The Morgan fingerprint density at radius 3 is 2.52 bits per heavy atom. The SMILES string of the molecule is CC1(C)CCCN(S(=O)(=O)c2cccc(CN3CCCC3)c2)C1. The predicted molar refractivity (Wildman–Crippen MR) is 92.7 cm³/mol. The van der Waals surface area contributed by atoms with Gasteiger partial charge in [-0.1, -0.05) is 26.0 Å². The molecule has 0 amide bonds. The van der Waals surface area contributed by atoms with Crippen LogP contribution in [-0.2, 0) is 16.6 Å². The minimum Gasteiger partial charge on any atom is -0.299 e. The van der Waals surface area contributed by atoms with Gasteiger partial charge in [0.15, 0.2) is 0 Å². The standard InChI is InChI=1S/C18H28N2O2S/c1-18(2)9-6-12-20(15-18)23(21,22)17-8-5-7-16(13-17)14-19-10-3-4-11-19/h5,7-8,13H,3-4,6,9-12,14-15H2,1-2H3. The zero-order valence-corrected chi connectivity index (χ0v) is 15.1. The summed E-state index contributed by atoms with van der Waals surface area (Å²) in [7, 11) is -3.37. The summed E-state index contributed by atoms with van der Waals surface area (Å²) in [5, 5.41) is 0. The lowest BCUT2D eigenvalue weighted by Gasteiger charge is -2.37. The topological polar surface area (TPSA) is 40.6 Å². The summed E-state index contributed by atoms with van der Waals surface area (Å²) in [5.41, 5.74) is 1.17. The molecule has 4 nitrogen and oxygen atoms in total. The molecular formula is C18H28N2O2S. The van der Waals surface area contributed by atoms with Crippen molar-refractivity contribution in [3.8, 4) is 0 Å². The van der Waals surface area contributed by atoms with Crippen molar-refractivity contribution >= 4 is 10.0 Å². The number of likely N-dealkylation sites (tertiary alicyclic amines) is 1. The molecule has 0 aliphatic carbocycles. The van der Waals surface area contributed by atoms with Crippen molar-refractivity contribution < 1.29 is 8.42 Å². The van der Waals surface area contributed by atoms with Gasteiger partial charge in [-0.15, -0.1) is 0 Å². The first-order valence-corrected chi connectivity index (χ1v) is 10.1. The molecule has 5 heteroatoms. The van der Waals surface area contributed by atoms with Crippen molar-refractivity contribution in [2.75, 3.05) is 26.2 Å². The van der Waals surface area contributed by atoms with Gasteiger partial charge in [0.05, 0.1) is 4.90 Å². The zero-order valence-electron chi connectivity index (χ0n) is 14.3. The van der Waals surface area contributed by atoms with Crippen molar-refractivity contribution in [2.24, 2.45) is 5.41 Å². The van der Waals surface area contributed by atoms with Crippen LogP contribution in [0.4, 0.5) is 0 Å². The largest absolute Gasteiger partial charge is 0.299 e. The first-order valence-electron chi connectivity index (χ1n) is 8.68. The lowest BCUT2D eigenvalue weighted by atomic mass is 9.85. The second kappa shape index (κ2) is 6.54. The monoisotopic (exact) mass is 336 g/mol. The van der Waals surface area contributed by atoms with Gasteiger partial charge in [0.1, 0.15) is 0 Å². The molecule has 0 atom stereocenters. The van der Waals surface area contributed by atoms with E-state index in [0.717, 1.165) is 38.0 Å². The maximum absolute atomic E-state index is 13.0. The molecule has 3 rings (SSSR count). The van der Waals surface area contributed by atoms with E-state index in [1.54, 1.807) is 10.4 Å². The molecular weight excluding hydrogens is 308 g/mol. The summed E-state index contributed by atoms with van der Waals surface area (Å²) >= 11 is 0. The fourth-order valence-electron chi connectivity index (χ4n) is 3.73. The molecule has 2 aliphatic rings. The van der Waals surface area contributed by atoms with E-state index in [9.17, 15) is 8.42 Å². The molecule has 0 bridgehead atoms. The predicted octanol–water partition coefficient (Wildman–Crippen LogP) is 3.09. The summed E-state index contributed by atoms with van der Waals surface area (Å²) < 4.78 is 27.6. The second-order valence-corrected chi connectivity index (χ2v) is 9.67. The van der Waals surface area contributed by atoms with Gasteiger partial charge in [0.25, 0.3) is 0 Å². The molecule has 0 aromatic heterocycles. The molecule has 23 heavy (non-hydrogen) atoms. The fourth-order valence-corrected chi connectivity index (χ4v) is 5.46. The van der Waals surface area contributed by atoms with Crippen LogP contribution >= 0.6 is 0 Å². The summed E-state index contributed by atoms with van der Waals surface area (Å²) in [6.45, 7) is 8.66. The Balaban J connectivity index is 1.79. The van der Waals surface area contributed by atoms with Crippen LogP contribution in [0.25, 0.3) is 0 Å². The van der Waals surface area contributed by atoms with Crippen LogP contribution in [0, 0.1) is 5.41 Å². The first-order chi connectivity index (χ1) is 10.9. The van der Waals surface area contributed by atoms with E-state index in [4.69, 9.17) is 0 Å². The average molecular weight is 337 g/mol. The third-order valence-electron chi connectivity index (χ3n) is 5.01. The molecule has 128 valence electrons. The summed E-state index contributed by atoms with van der Waals surface area (Å²) in [5.74, 6) is 0. The smallest absolute Gasteiger partial charge is 0.243 e. The molecule has 0 saturated carbocycles. The third kappa shape index (κ3) is 3.95.